The first kappa shape index (κ1) is 19.6. The zero-order valence-electron chi connectivity index (χ0n) is 17.4. The van der Waals surface area contributed by atoms with E-state index >= 15 is 0 Å². The molecule has 0 amide bonds. The fourth-order valence-corrected chi connectivity index (χ4v) is 4.97. The van der Waals surface area contributed by atoms with E-state index in [0.29, 0.717) is 6.54 Å². The minimum atomic E-state index is -0.240. The van der Waals surface area contributed by atoms with Crippen LogP contribution in [0.5, 0.6) is 0 Å². The Hall–Kier alpha value is -4.10. The van der Waals surface area contributed by atoms with Gasteiger partial charge < -0.3 is 5.32 Å². The lowest BCUT2D eigenvalue weighted by atomic mass is 10.1. The zero-order valence-corrected chi connectivity index (χ0v) is 18.3. The Bertz CT molecular complexity index is 1590. The fraction of sp³-hybridized carbons (Fsp3) is 0.0385. The summed E-state index contributed by atoms with van der Waals surface area (Å²) >= 11 is 1.63. The maximum atomic E-state index is 13.5. The van der Waals surface area contributed by atoms with Crippen LogP contribution in [0.15, 0.2) is 90.7 Å². The average Bonchev–Trinajstić information content (AvgIpc) is 3.45. The number of rotatable bonds is 5. The molecule has 7 heteroatoms. The Morgan fingerprint density at radius 3 is 2.73 bits per heavy atom. The van der Waals surface area contributed by atoms with E-state index in [4.69, 9.17) is 0 Å². The molecule has 160 valence electrons. The van der Waals surface area contributed by atoms with Crippen molar-refractivity contribution >= 4 is 44.0 Å². The van der Waals surface area contributed by atoms with E-state index in [9.17, 15) is 4.39 Å². The molecule has 0 aliphatic heterocycles. The van der Waals surface area contributed by atoms with Gasteiger partial charge in [0, 0.05) is 22.0 Å². The van der Waals surface area contributed by atoms with Gasteiger partial charge in [-0.3, -0.25) is 4.68 Å². The van der Waals surface area contributed by atoms with Crippen LogP contribution in [0.2, 0.25) is 0 Å². The second kappa shape index (κ2) is 8.11. The molecule has 5 nitrogen and oxygen atoms in total. The number of hydrogen-bond acceptors (Lipinski definition) is 5. The monoisotopic (exact) mass is 451 g/mol. The quantitative estimate of drug-likeness (QED) is 0.319. The maximum absolute atomic E-state index is 13.5. The van der Waals surface area contributed by atoms with Crippen molar-refractivity contribution in [2.24, 2.45) is 0 Å². The molecule has 3 aromatic carbocycles. The largest absolute Gasteiger partial charge is 0.339 e. The van der Waals surface area contributed by atoms with Crippen LogP contribution in [-0.2, 0) is 6.54 Å². The van der Waals surface area contributed by atoms with Crippen molar-refractivity contribution in [3.05, 3.63) is 102 Å². The van der Waals surface area contributed by atoms with Gasteiger partial charge in [-0.15, -0.1) is 11.3 Å². The van der Waals surface area contributed by atoms with Gasteiger partial charge in [0.05, 0.1) is 28.5 Å². The molecule has 3 heterocycles. The first-order valence-electron chi connectivity index (χ1n) is 10.5. The van der Waals surface area contributed by atoms with E-state index in [1.54, 1.807) is 23.7 Å². The Morgan fingerprint density at radius 2 is 1.85 bits per heavy atom. The van der Waals surface area contributed by atoms with Gasteiger partial charge in [-0.1, -0.05) is 42.5 Å². The molecule has 0 saturated carbocycles. The second-order valence-electron chi connectivity index (χ2n) is 7.75. The van der Waals surface area contributed by atoms with Crippen LogP contribution in [0.1, 0.15) is 5.56 Å². The molecule has 0 aliphatic rings. The molecule has 0 fully saturated rings. The first-order valence-corrected chi connectivity index (χ1v) is 11.4. The minimum Gasteiger partial charge on any atom is -0.339 e. The lowest BCUT2D eigenvalue weighted by Crippen LogP contribution is -2.01. The molecular weight excluding hydrogens is 433 g/mol. The Morgan fingerprint density at radius 1 is 0.939 bits per heavy atom. The van der Waals surface area contributed by atoms with Crippen LogP contribution in [0, 0.1) is 5.82 Å². The Labute approximate surface area is 193 Å². The number of fused-ring (bicyclic) bond motifs is 2. The van der Waals surface area contributed by atoms with Crippen LogP contribution < -0.4 is 5.32 Å². The summed E-state index contributed by atoms with van der Waals surface area (Å²) in [6.45, 7) is 0.512. The van der Waals surface area contributed by atoms with E-state index in [1.807, 2.05) is 53.3 Å². The minimum absolute atomic E-state index is 0.240. The van der Waals surface area contributed by atoms with Gasteiger partial charge in [-0.25, -0.2) is 14.4 Å². The summed E-state index contributed by atoms with van der Waals surface area (Å²) in [6.07, 6.45) is 3.42. The summed E-state index contributed by atoms with van der Waals surface area (Å²) < 4.78 is 16.4. The molecule has 0 saturated heterocycles. The number of nitrogens with zero attached hydrogens (tertiary/aromatic N) is 4. The third-order valence-corrected chi connectivity index (χ3v) is 6.54. The highest BCUT2D eigenvalue weighted by Gasteiger charge is 2.13. The van der Waals surface area contributed by atoms with E-state index in [2.05, 4.69) is 37.9 Å². The highest BCUT2D eigenvalue weighted by Crippen LogP contribution is 2.36. The second-order valence-corrected chi connectivity index (χ2v) is 8.63. The van der Waals surface area contributed by atoms with E-state index < -0.39 is 0 Å². The summed E-state index contributed by atoms with van der Waals surface area (Å²) in [5.74, 6) is 0.536. The molecule has 6 rings (SSSR count). The van der Waals surface area contributed by atoms with Crippen molar-refractivity contribution in [3.63, 3.8) is 0 Å². The molecule has 0 radical (unpaired) electrons. The van der Waals surface area contributed by atoms with Gasteiger partial charge >= 0.3 is 0 Å². The first-order chi connectivity index (χ1) is 16.2. The number of hydrogen-bond donors (Lipinski definition) is 1. The topological polar surface area (TPSA) is 55.6 Å². The predicted molar refractivity (Wildman–Crippen MR) is 131 cm³/mol. The molecule has 1 N–H and O–H groups in total. The van der Waals surface area contributed by atoms with Crippen LogP contribution in [0.25, 0.3) is 32.2 Å². The fourth-order valence-electron chi connectivity index (χ4n) is 4.00. The number of nitrogens with one attached hydrogen (secondary N) is 1. The van der Waals surface area contributed by atoms with Crippen molar-refractivity contribution in [1.29, 1.82) is 0 Å². The number of anilines is 2. The molecule has 0 unspecified atom stereocenters. The molecule has 3 aromatic heterocycles. The summed E-state index contributed by atoms with van der Waals surface area (Å²) in [5, 5.41) is 11.1. The van der Waals surface area contributed by atoms with Gasteiger partial charge in [-0.2, -0.15) is 5.10 Å². The normalized spacial score (nSPS) is 11.3. The third kappa shape index (κ3) is 3.72. The summed E-state index contributed by atoms with van der Waals surface area (Å²) in [6, 6.07) is 22.9. The highest BCUT2D eigenvalue weighted by molar-refractivity contribution is 7.18. The lowest BCUT2D eigenvalue weighted by Gasteiger charge is -2.08. The van der Waals surface area contributed by atoms with Gasteiger partial charge in [0.15, 0.2) is 5.82 Å². The van der Waals surface area contributed by atoms with Gasteiger partial charge in [0.1, 0.15) is 12.1 Å². The Balaban J connectivity index is 1.31. The predicted octanol–water partition coefficient (Wildman–Crippen LogP) is 6.64. The maximum Gasteiger partial charge on any atom is 0.151 e. The standard InChI is InChI=1S/C26H18FN5S/c27-20-8-4-5-17(11-20)14-32-23-10-9-21(12-19(23)13-30-32)31-26-25-24(28-16-29-26)22(15-33-25)18-6-2-1-3-7-18/h1-13,15-16H,14H2,(H,28,29,31). The van der Waals surface area contributed by atoms with Crippen LogP contribution in [0.4, 0.5) is 15.9 Å². The van der Waals surface area contributed by atoms with Crippen molar-refractivity contribution in [3.8, 4) is 11.1 Å². The van der Waals surface area contributed by atoms with Crippen molar-refractivity contribution in [2.45, 2.75) is 6.54 Å². The molecule has 33 heavy (non-hydrogen) atoms. The number of halogens is 1. The smallest absolute Gasteiger partial charge is 0.151 e. The summed E-state index contributed by atoms with van der Waals surface area (Å²) in [5.41, 5.74) is 5.96. The summed E-state index contributed by atoms with van der Waals surface area (Å²) in [4.78, 5) is 9.03. The average molecular weight is 452 g/mol. The molecule has 0 aliphatic carbocycles. The number of thiophene rings is 1. The molecule has 0 bridgehead atoms. The SMILES string of the molecule is Fc1cccc(Cn2ncc3cc(Nc4ncnc5c(-c6ccccc6)csc45)ccc32)c1. The van der Waals surface area contributed by atoms with Gasteiger partial charge in [0.25, 0.3) is 0 Å². The number of aromatic nitrogens is 4. The Kier molecular flexibility index (Phi) is 4.81. The zero-order chi connectivity index (χ0) is 22.2. The van der Waals surface area contributed by atoms with Crippen LogP contribution in [-0.4, -0.2) is 19.7 Å². The van der Waals surface area contributed by atoms with Crippen molar-refractivity contribution in [1.82, 2.24) is 19.7 Å². The molecule has 0 spiro atoms. The lowest BCUT2D eigenvalue weighted by molar-refractivity contribution is 0.621. The van der Waals surface area contributed by atoms with E-state index in [-0.39, 0.29) is 5.82 Å². The molecule has 6 aromatic rings. The van der Waals surface area contributed by atoms with Crippen LogP contribution >= 0.6 is 11.3 Å². The van der Waals surface area contributed by atoms with Gasteiger partial charge in [-0.05, 0) is 41.5 Å². The van der Waals surface area contributed by atoms with Crippen molar-refractivity contribution < 1.29 is 4.39 Å². The van der Waals surface area contributed by atoms with E-state index in [1.165, 1.54) is 12.1 Å². The van der Waals surface area contributed by atoms with Crippen LogP contribution in [0.3, 0.4) is 0 Å². The number of benzene rings is 3. The molecular formula is C26H18FN5S. The molecule has 0 atom stereocenters. The summed E-state index contributed by atoms with van der Waals surface area (Å²) in [7, 11) is 0. The highest BCUT2D eigenvalue weighted by atomic mass is 32.1. The third-order valence-electron chi connectivity index (χ3n) is 5.56. The van der Waals surface area contributed by atoms with Gasteiger partial charge in [0.2, 0.25) is 0 Å². The van der Waals surface area contributed by atoms with Crippen molar-refractivity contribution in [2.75, 3.05) is 5.32 Å². The van der Waals surface area contributed by atoms with E-state index in [0.717, 1.165) is 49.3 Å².